The third-order valence-electron chi connectivity index (χ3n) is 10.3. The third kappa shape index (κ3) is 4.60. The Kier molecular flexibility index (Phi) is 6.73. The molecule has 8 aromatic rings. The highest BCUT2D eigenvalue weighted by Gasteiger charge is 2.25. The van der Waals surface area contributed by atoms with Crippen LogP contribution in [-0.2, 0) is 6.42 Å². The second kappa shape index (κ2) is 11.7. The molecule has 4 heteroatoms. The molecule has 2 aliphatic carbocycles. The van der Waals surface area contributed by atoms with E-state index in [1.165, 1.54) is 55.2 Å². The summed E-state index contributed by atoms with van der Waals surface area (Å²) < 4.78 is 4.78. The molecule has 2 aliphatic rings. The maximum Gasteiger partial charge on any atom is 0.138 e. The van der Waals surface area contributed by atoms with Crippen molar-refractivity contribution in [1.82, 2.24) is 19.1 Å². The molecule has 0 saturated heterocycles. The minimum Gasteiger partial charge on any atom is -0.309 e. The summed E-state index contributed by atoms with van der Waals surface area (Å²) in [4.78, 5) is 10.6. The maximum atomic E-state index is 5.39. The van der Waals surface area contributed by atoms with Crippen LogP contribution in [0.4, 0.5) is 0 Å². The third-order valence-corrected chi connectivity index (χ3v) is 10.3. The van der Waals surface area contributed by atoms with Crippen molar-refractivity contribution in [2.24, 2.45) is 0 Å². The van der Waals surface area contributed by atoms with E-state index in [0.29, 0.717) is 0 Å². The van der Waals surface area contributed by atoms with Crippen LogP contribution < -0.4 is 0 Å². The lowest BCUT2D eigenvalue weighted by atomic mass is 9.94. The zero-order valence-electron chi connectivity index (χ0n) is 27.6. The number of aromatic nitrogens is 4. The Balaban J connectivity index is 1.19. The van der Waals surface area contributed by atoms with Crippen LogP contribution in [0, 0.1) is 0 Å². The molecule has 1 atom stereocenters. The molecule has 0 radical (unpaired) electrons. The number of hydrogen-bond donors (Lipinski definition) is 0. The van der Waals surface area contributed by atoms with Crippen molar-refractivity contribution in [3.8, 4) is 34.0 Å². The molecule has 0 fully saturated rings. The molecule has 1 unspecified atom stereocenters. The Morgan fingerprint density at radius 3 is 2.22 bits per heavy atom. The SMILES string of the molecule is C1=CCC(c2cc(-c3ccccc3)cc(-c3cccc(-n4c5c(c6c7c8ccccc8n(-c8ccccc8)c7ccc64)CCC=C5)n3)n2)C=C1. The van der Waals surface area contributed by atoms with E-state index in [9.17, 15) is 0 Å². The highest BCUT2D eigenvalue weighted by Crippen LogP contribution is 2.43. The number of rotatable bonds is 5. The zero-order chi connectivity index (χ0) is 33.0. The summed E-state index contributed by atoms with van der Waals surface area (Å²) in [6, 6.07) is 45.5. The van der Waals surface area contributed by atoms with Crippen molar-refractivity contribution in [3.63, 3.8) is 0 Å². The Morgan fingerprint density at radius 2 is 1.38 bits per heavy atom. The molecule has 0 spiro atoms. The number of pyridine rings is 2. The van der Waals surface area contributed by atoms with Crippen molar-refractivity contribution in [3.05, 3.63) is 175 Å². The van der Waals surface area contributed by atoms with Crippen molar-refractivity contribution < 1.29 is 0 Å². The minimum atomic E-state index is 0.233. The van der Waals surface area contributed by atoms with Crippen LogP contribution in [0.3, 0.4) is 0 Å². The molecule has 0 N–H and O–H groups in total. The number of hydrogen-bond acceptors (Lipinski definition) is 2. The van der Waals surface area contributed by atoms with E-state index in [-0.39, 0.29) is 5.92 Å². The monoisotopic (exact) mass is 642 g/mol. The van der Waals surface area contributed by atoms with Gasteiger partial charge in [0.25, 0.3) is 0 Å². The molecule has 4 nitrogen and oxygen atoms in total. The maximum absolute atomic E-state index is 5.39. The summed E-state index contributed by atoms with van der Waals surface area (Å²) in [7, 11) is 0. The number of allylic oxidation sites excluding steroid dienone is 5. The van der Waals surface area contributed by atoms with Gasteiger partial charge in [0.2, 0.25) is 0 Å². The smallest absolute Gasteiger partial charge is 0.138 e. The van der Waals surface area contributed by atoms with E-state index in [4.69, 9.17) is 9.97 Å². The van der Waals surface area contributed by atoms with Gasteiger partial charge in [-0.3, -0.25) is 9.55 Å². The van der Waals surface area contributed by atoms with Gasteiger partial charge in [-0.25, -0.2) is 4.98 Å². The van der Waals surface area contributed by atoms with Gasteiger partial charge in [0, 0.05) is 33.5 Å². The van der Waals surface area contributed by atoms with Gasteiger partial charge in [-0.2, -0.15) is 0 Å². The summed E-state index contributed by atoms with van der Waals surface area (Å²) >= 11 is 0. The molecule has 4 aromatic carbocycles. The highest BCUT2D eigenvalue weighted by molar-refractivity contribution is 6.22. The number of para-hydroxylation sites is 2. The van der Waals surface area contributed by atoms with E-state index in [1.807, 2.05) is 0 Å². The number of fused-ring (bicyclic) bond motifs is 7. The van der Waals surface area contributed by atoms with Crippen LogP contribution in [-0.4, -0.2) is 19.1 Å². The standard InChI is InChI=1S/C46H34N4/c1-4-15-31(16-5-1)33-29-38(32-17-6-2-7-18-32)47-39(30-33)37-23-14-26-44(48-37)50-41-25-13-11-22-36(41)46-43(50)28-27-42-45(46)35-21-10-12-24-40(35)49(42)34-19-8-3-9-20-34/h1-10,12-17,19-21,23-30,32H,11,18,22H2. The molecular weight excluding hydrogens is 609 g/mol. The summed E-state index contributed by atoms with van der Waals surface area (Å²) in [5, 5.41) is 3.90. The van der Waals surface area contributed by atoms with Gasteiger partial charge in [0.05, 0.1) is 33.6 Å². The Bertz CT molecular complexity index is 2670. The summed E-state index contributed by atoms with van der Waals surface area (Å²) in [6.07, 6.45) is 16.3. The summed E-state index contributed by atoms with van der Waals surface area (Å²) in [6.45, 7) is 0. The lowest BCUT2D eigenvalue weighted by Gasteiger charge is -2.16. The van der Waals surface area contributed by atoms with E-state index < -0.39 is 0 Å². The van der Waals surface area contributed by atoms with Crippen LogP contribution in [0.1, 0.15) is 35.7 Å². The largest absolute Gasteiger partial charge is 0.309 e. The predicted molar refractivity (Wildman–Crippen MR) is 207 cm³/mol. The number of nitrogens with zero attached hydrogens (tertiary/aromatic N) is 4. The first-order valence-corrected chi connectivity index (χ1v) is 17.5. The topological polar surface area (TPSA) is 35.6 Å². The van der Waals surface area contributed by atoms with Gasteiger partial charge >= 0.3 is 0 Å². The molecular formula is C46H34N4. The lowest BCUT2D eigenvalue weighted by molar-refractivity contribution is 0.817. The lowest BCUT2D eigenvalue weighted by Crippen LogP contribution is -2.05. The quantitative estimate of drug-likeness (QED) is 0.187. The Labute approximate surface area is 291 Å². The fourth-order valence-electron chi connectivity index (χ4n) is 8.05. The van der Waals surface area contributed by atoms with Gasteiger partial charge in [-0.05, 0) is 96.6 Å². The second-order valence-corrected chi connectivity index (χ2v) is 13.3. The zero-order valence-corrected chi connectivity index (χ0v) is 27.6. The van der Waals surface area contributed by atoms with E-state index in [1.54, 1.807) is 0 Å². The first-order chi connectivity index (χ1) is 24.8. The Hall–Kier alpha value is -6.26. The van der Waals surface area contributed by atoms with E-state index >= 15 is 0 Å². The fourth-order valence-corrected chi connectivity index (χ4v) is 8.05. The van der Waals surface area contributed by atoms with Gasteiger partial charge in [-0.15, -0.1) is 0 Å². The second-order valence-electron chi connectivity index (χ2n) is 13.3. The average molecular weight is 643 g/mol. The van der Waals surface area contributed by atoms with Gasteiger partial charge in [0.15, 0.2) is 0 Å². The number of benzene rings is 4. The Morgan fingerprint density at radius 1 is 0.580 bits per heavy atom. The highest BCUT2D eigenvalue weighted by atomic mass is 15.1. The van der Waals surface area contributed by atoms with Gasteiger partial charge < -0.3 is 4.57 Å². The van der Waals surface area contributed by atoms with E-state index in [2.05, 4.69) is 173 Å². The van der Waals surface area contributed by atoms with Crippen LogP contribution >= 0.6 is 0 Å². The van der Waals surface area contributed by atoms with Gasteiger partial charge in [0.1, 0.15) is 5.82 Å². The molecule has 0 saturated carbocycles. The molecule has 0 bridgehead atoms. The van der Waals surface area contributed by atoms with E-state index in [0.717, 1.165) is 47.7 Å². The van der Waals surface area contributed by atoms with Crippen LogP contribution in [0.25, 0.3) is 72.8 Å². The first-order valence-electron chi connectivity index (χ1n) is 17.5. The normalized spacial score (nSPS) is 15.3. The molecule has 238 valence electrons. The molecule has 4 heterocycles. The van der Waals surface area contributed by atoms with Crippen LogP contribution in [0.5, 0.6) is 0 Å². The van der Waals surface area contributed by atoms with Gasteiger partial charge in [-0.1, -0.05) is 103 Å². The minimum absolute atomic E-state index is 0.233. The van der Waals surface area contributed by atoms with Crippen LogP contribution in [0.15, 0.2) is 158 Å². The molecule has 0 amide bonds. The molecule has 0 aliphatic heterocycles. The first kappa shape index (κ1) is 28.7. The predicted octanol–water partition coefficient (Wildman–Crippen LogP) is 11.4. The molecule has 4 aromatic heterocycles. The molecule has 50 heavy (non-hydrogen) atoms. The number of aryl methyl sites for hydroxylation is 1. The fraction of sp³-hybridized carbons (Fsp3) is 0.0870. The summed E-state index contributed by atoms with van der Waals surface area (Å²) in [5.74, 6) is 1.14. The van der Waals surface area contributed by atoms with Crippen molar-refractivity contribution in [2.45, 2.75) is 25.2 Å². The van der Waals surface area contributed by atoms with Crippen molar-refractivity contribution in [1.29, 1.82) is 0 Å². The molecule has 10 rings (SSSR count). The van der Waals surface area contributed by atoms with Crippen molar-refractivity contribution in [2.75, 3.05) is 0 Å². The summed E-state index contributed by atoms with van der Waals surface area (Å²) in [5.41, 5.74) is 12.6. The van der Waals surface area contributed by atoms with Crippen molar-refractivity contribution >= 4 is 38.8 Å². The average Bonchev–Trinajstić information content (AvgIpc) is 3.72. The van der Waals surface area contributed by atoms with Crippen LogP contribution in [0.2, 0.25) is 0 Å².